The van der Waals surface area contributed by atoms with Gasteiger partial charge < -0.3 is 52.5 Å². The van der Waals surface area contributed by atoms with Crippen LogP contribution in [0.5, 0.6) is 0 Å². The van der Waals surface area contributed by atoms with E-state index in [1.54, 1.807) is 0 Å². The predicted molar refractivity (Wildman–Crippen MR) is 247 cm³/mol. The van der Waals surface area contributed by atoms with Crippen LogP contribution < -0.4 is 0 Å². The summed E-state index contributed by atoms with van der Waals surface area (Å²) in [6.07, 6.45) is -9.22. The van der Waals surface area contributed by atoms with Crippen LogP contribution >= 0.6 is 0 Å². The molecule has 346 valence electrons. The molecule has 0 radical (unpaired) electrons. The summed E-state index contributed by atoms with van der Waals surface area (Å²) in [6.45, 7) is 1.79. The fourth-order valence-electron chi connectivity index (χ4n) is 8.21. The van der Waals surface area contributed by atoms with Crippen LogP contribution in [0.4, 0.5) is 0 Å². The fourth-order valence-corrected chi connectivity index (χ4v) is 8.21. The second-order valence-electron chi connectivity index (χ2n) is 16.5. The van der Waals surface area contributed by atoms with Gasteiger partial charge in [0.05, 0.1) is 52.9 Å². The number of methoxy groups -OCH3 is 1. The Hall–Kier alpha value is -5.12. The lowest BCUT2D eigenvalue weighted by Crippen LogP contribution is -2.66. The summed E-state index contributed by atoms with van der Waals surface area (Å²) < 4.78 is 66.5. The summed E-state index contributed by atoms with van der Waals surface area (Å²) in [4.78, 5) is 0. The van der Waals surface area contributed by atoms with E-state index in [1.165, 1.54) is 7.11 Å². The molecule has 11 heteroatoms. The van der Waals surface area contributed by atoms with E-state index in [1.807, 2.05) is 182 Å². The van der Waals surface area contributed by atoms with E-state index in [0.29, 0.717) is 13.2 Å². The highest BCUT2D eigenvalue weighted by atomic mass is 16.8. The molecular formula is C55H60O11. The number of aliphatic hydroxyl groups excluding tert-OH is 1. The van der Waals surface area contributed by atoms with Crippen molar-refractivity contribution in [2.24, 2.45) is 0 Å². The smallest absolute Gasteiger partial charge is 0.187 e. The third-order valence-electron chi connectivity index (χ3n) is 11.7. The normalized spacial score (nSPS) is 25.4. The molecule has 1 N–H and O–H groups in total. The van der Waals surface area contributed by atoms with E-state index in [4.69, 9.17) is 47.4 Å². The number of rotatable bonds is 23. The average Bonchev–Trinajstić information content (AvgIpc) is 3.37. The van der Waals surface area contributed by atoms with Gasteiger partial charge in [-0.2, -0.15) is 0 Å². The van der Waals surface area contributed by atoms with Gasteiger partial charge in [0.1, 0.15) is 48.8 Å². The summed E-state index contributed by atoms with van der Waals surface area (Å²) in [5.74, 6) is 0. The van der Waals surface area contributed by atoms with Crippen LogP contribution in [0.1, 0.15) is 33.4 Å². The number of aliphatic hydroxyl groups is 1. The van der Waals surface area contributed by atoms with Crippen molar-refractivity contribution in [3.63, 3.8) is 0 Å². The minimum absolute atomic E-state index is 0.0600. The van der Waals surface area contributed by atoms with Crippen molar-refractivity contribution in [2.45, 2.75) is 101 Å². The van der Waals surface area contributed by atoms with Crippen LogP contribution in [0.2, 0.25) is 0 Å². The van der Waals surface area contributed by atoms with E-state index in [-0.39, 0.29) is 39.6 Å². The molecule has 2 aliphatic heterocycles. The van der Waals surface area contributed by atoms with Crippen molar-refractivity contribution in [1.29, 1.82) is 0 Å². The van der Waals surface area contributed by atoms with Gasteiger partial charge in [-0.15, -0.1) is 0 Å². The molecule has 0 aromatic heterocycles. The minimum atomic E-state index is -1.26. The lowest BCUT2D eigenvalue weighted by Gasteiger charge is -2.49. The first-order valence-electron chi connectivity index (χ1n) is 22.6. The van der Waals surface area contributed by atoms with Crippen LogP contribution in [0, 0.1) is 0 Å². The third kappa shape index (κ3) is 13.5. The molecule has 10 atom stereocenters. The van der Waals surface area contributed by atoms with Crippen molar-refractivity contribution in [3.8, 4) is 0 Å². The first-order chi connectivity index (χ1) is 32.6. The largest absolute Gasteiger partial charge is 0.387 e. The van der Waals surface area contributed by atoms with E-state index < -0.39 is 61.4 Å². The molecule has 0 saturated carbocycles. The van der Waals surface area contributed by atoms with Gasteiger partial charge in [-0.25, -0.2) is 0 Å². The highest BCUT2D eigenvalue weighted by molar-refractivity contribution is 5.18. The maximum Gasteiger partial charge on any atom is 0.187 e. The summed E-state index contributed by atoms with van der Waals surface area (Å²) in [6, 6.07) is 59.5. The van der Waals surface area contributed by atoms with Crippen molar-refractivity contribution in [1.82, 2.24) is 0 Å². The molecule has 2 saturated heterocycles. The van der Waals surface area contributed by atoms with Crippen molar-refractivity contribution >= 4 is 0 Å². The molecular weight excluding hydrogens is 837 g/mol. The quantitative estimate of drug-likeness (QED) is 0.0668. The first-order valence-corrected chi connectivity index (χ1v) is 22.6. The van der Waals surface area contributed by atoms with Crippen LogP contribution in [0.15, 0.2) is 182 Å². The Labute approximate surface area is 388 Å². The Morgan fingerprint density at radius 2 is 0.682 bits per heavy atom. The van der Waals surface area contributed by atoms with Crippen LogP contribution in [-0.2, 0) is 87.0 Å². The van der Waals surface area contributed by atoms with Gasteiger partial charge in [-0.3, -0.25) is 0 Å². The Kier molecular flexibility index (Phi) is 18.0. The summed E-state index contributed by atoms with van der Waals surface area (Å²) >= 11 is 0. The molecule has 0 amide bonds. The van der Waals surface area contributed by atoms with Gasteiger partial charge in [-0.05, 0) is 33.4 Å². The Balaban J connectivity index is 1.14. The first kappa shape index (κ1) is 47.4. The lowest BCUT2D eigenvalue weighted by atomic mass is 9.96. The highest BCUT2D eigenvalue weighted by Crippen LogP contribution is 2.36. The number of hydrogen-bond donors (Lipinski definition) is 1. The van der Waals surface area contributed by atoms with Gasteiger partial charge in [0.15, 0.2) is 12.6 Å². The number of hydrogen-bond acceptors (Lipinski definition) is 11. The number of ether oxygens (including phenoxy) is 10. The molecule has 66 heavy (non-hydrogen) atoms. The molecule has 8 rings (SSSR count). The van der Waals surface area contributed by atoms with E-state index >= 15 is 0 Å². The summed E-state index contributed by atoms with van der Waals surface area (Å²) in [5, 5.41) is 12.5. The van der Waals surface area contributed by atoms with Gasteiger partial charge in [0, 0.05) is 7.11 Å². The van der Waals surface area contributed by atoms with Gasteiger partial charge in [-0.1, -0.05) is 182 Å². The highest BCUT2D eigenvalue weighted by Gasteiger charge is 2.54. The molecule has 0 aliphatic carbocycles. The van der Waals surface area contributed by atoms with E-state index in [0.717, 1.165) is 33.4 Å². The van der Waals surface area contributed by atoms with E-state index in [2.05, 4.69) is 0 Å². The van der Waals surface area contributed by atoms with Gasteiger partial charge >= 0.3 is 0 Å². The van der Waals surface area contributed by atoms with Crippen molar-refractivity contribution in [2.75, 3.05) is 20.3 Å². The van der Waals surface area contributed by atoms with Crippen molar-refractivity contribution < 1.29 is 52.5 Å². The number of benzene rings is 6. The zero-order chi connectivity index (χ0) is 45.2. The fraction of sp³-hybridized carbons (Fsp3) is 0.345. The SMILES string of the molecule is CO[C@H]1O[C@H](COCc2ccccc2)[C@H](OC2O[C@H](COCc3ccccc3)[C@H](OCc3ccccc3)[C@H](OCc3ccccc3)[C@H]2OCc2ccccc2)[C@H](O)[C@H]1OCc1ccccc1. The predicted octanol–water partition coefficient (Wildman–Crippen LogP) is 8.60. The van der Waals surface area contributed by atoms with Gasteiger partial charge in [0.2, 0.25) is 0 Å². The third-order valence-corrected chi connectivity index (χ3v) is 11.7. The molecule has 6 aromatic rings. The Morgan fingerprint density at radius 1 is 0.364 bits per heavy atom. The molecule has 1 unspecified atom stereocenters. The standard InChI is InChI=1S/C55H60O11/c1-57-54-51(61-35-43-26-14-5-15-27-43)48(56)49(46(64-54)38-58-32-40-20-8-2-9-21-40)66-55-53(63-37-45-30-18-7-19-31-45)52(62-36-44-28-16-6-17-29-44)50(60-34-42-24-12-4-13-25-42)47(65-55)39-59-33-41-22-10-3-11-23-41/h2-31,46-56H,32-39H2,1H3/t46-,47-,48+,49+,50+,51-,52+,53-,54+,55?/m1/s1. The van der Waals surface area contributed by atoms with Crippen LogP contribution in [-0.4, -0.2) is 86.8 Å². The summed E-state index contributed by atoms with van der Waals surface area (Å²) in [5.41, 5.74) is 5.82. The second-order valence-corrected chi connectivity index (χ2v) is 16.5. The van der Waals surface area contributed by atoms with Crippen LogP contribution in [0.3, 0.4) is 0 Å². The Bertz CT molecular complexity index is 2220. The molecule has 2 fully saturated rings. The average molecular weight is 897 g/mol. The maximum absolute atomic E-state index is 12.5. The van der Waals surface area contributed by atoms with E-state index in [9.17, 15) is 5.11 Å². The molecule has 2 aliphatic rings. The van der Waals surface area contributed by atoms with Gasteiger partial charge in [0.25, 0.3) is 0 Å². The topological polar surface area (TPSA) is 113 Å². The zero-order valence-electron chi connectivity index (χ0n) is 37.3. The molecule has 0 bridgehead atoms. The van der Waals surface area contributed by atoms with Crippen molar-refractivity contribution in [3.05, 3.63) is 215 Å². The lowest BCUT2D eigenvalue weighted by molar-refractivity contribution is -0.372. The summed E-state index contributed by atoms with van der Waals surface area (Å²) in [7, 11) is 1.53. The second kappa shape index (κ2) is 25.1. The monoisotopic (exact) mass is 896 g/mol. The molecule has 11 nitrogen and oxygen atoms in total. The molecule has 6 aromatic carbocycles. The molecule has 0 spiro atoms. The van der Waals surface area contributed by atoms with Crippen LogP contribution in [0.25, 0.3) is 0 Å². The maximum atomic E-state index is 12.5. The zero-order valence-corrected chi connectivity index (χ0v) is 37.3. The molecule has 2 heterocycles. The Morgan fingerprint density at radius 3 is 1.08 bits per heavy atom. The minimum Gasteiger partial charge on any atom is -0.387 e.